The van der Waals surface area contributed by atoms with Crippen LogP contribution in [0, 0.1) is 6.92 Å². The molecule has 1 aromatic carbocycles. The van der Waals surface area contributed by atoms with Crippen molar-refractivity contribution >= 4 is 9.84 Å². The normalized spacial score (nSPS) is 26.4. The van der Waals surface area contributed by atoms with Gasteiger partial charge in [-0.2, -0.15) is 0 Å². The van der Waals surface area contributed by atoms with Crippen molar-refractivity contribution in [1.29, 1.82) is 0 Å². The minimum Gasteiger partial charge on any atom is -0.349 e. The molecule has 1 fully saturated rings. The predicted molar refractivity (Wildman–Crippen MR) is 75.8 cm³/mol. The van der Waals surface area contributed by atoms with Crippen molar-refractivity contribution in [3.8, 4) is 0 Å². The third-order valence-electron chi connectivity index (χ3n) is 3.90. The molecular weight excluding hydrogens is 260 g/mol. The van der Waals surface area contributed by atoms with E-state index in [0.29, 0.717) is 4.90 Å². The van der Waals surface area contributed by atoms with Crippen LogP contribution in [0.25, 0.3) is 0 Å². The summed E-state index contributed by atoms with van der Waals surface area (Å²) in [7, 11) is -3.35. The number of sulfone groups is 1. The Balaban J connectivity index is 2.20. The number of aryl methyl sites for hydroxylation is 1. The Morgan fingerprint density at radius 3 is 2.37 bits per heavy atom. The molecule has 2 rings (SSSR count). The number of epoxide rings is 1. The minimum atomic E-state index is -3.35. The third-order valence-corrected chi connectivity index (χ3v) is 5.92. The maximum Gasteiger partial charge on any atom is 0.208 e. The highest BCUT2D eigenvalue weighted by molar-refractivity contribution is 7.92. The molecule has 4 heteroatoms. The van der Waals surface area contributed by atoms with Crippen LogP contribution in [0.1, 0.15) is 45.1 Å². The zero-order valence-electron chi connectivity index (χ0n) is 11.8. The SMILES string of the molecule is CCCC[C@]1(CC)O[C@@H]1S(=O)(=O)c1ccc(C)cc1. The van der Waals surface area contributed by atoms with Crippen LogP contribution in [0.15, 0.2) is 29.2 Å². The van der Waals surface area contributed by atoms with E-state index in [1.807, 2.05) is 26.0 Å². The predicted octanol–water partition coefficient (Wildman–Crippen LogP) is 3.46. The van der Waals surface area contributed by atoms with E-state index >= 15 is 0 Å². The minimum absolute atomic E-state index is 0.370. The molecule has 1 aliphatic rings. The standard InChI is InChI=1S/C15H22O3S/c1-4-6-11-15(5-2)14(18-15)19(16,17)13-9-7-12(3)8-10-13/h7-10,14H,4-6,11H2,1-3H3/t14-,15+/m1/s1. The Bertz CT molecular complexity index is 533. The smallest absolute Gasteiger partial charge is 0.208 e. The second-order valence-electron chi connectivity index (χ2n) is 5.33. The molecule has 106 valence electrons. The summed E-state index contributed by atoms with van der Waals surface area (Å²) in [4.78, 5) is 0.370. The van der Waals surface area contributed by atoms with E-state index in [-0.39, 0.29) is 0 Å². The van der Waals surface area contributed by atoms with Gasteiger partial charge in [0.1, 0.15) is 5.60 Å². The molecule has 0 amide bonds. The van der Waals surface area contributed by atoms with Crippen LogP contribution in [-0.2, 0) is 14.6 Å². The second kappa shape index (κ2) is 5.25. The van der Waals surface area contributed by atoms with Gasteiger partial charge in [-0.3, -0.25) is 0 Å². The number of unbranched alkanes of at least 4 members (excludes halogenated alkanes) is 1. The summed E-state index contributed by atoms with van der Waals surface area (Å²) in [5.74, 6) is 0. The molecule has 0 N–H and O–H groups in total. The van der Waals surface area contributed by atoms with Gasteiger partial charge in [0.15, 0.2) is 5.44 Å². The highest BCUT2D eigenvalue weighted by Gasteiger charge is 2.61. The van der Waals surface area contributed by atoms with Gasteiger partial charge in [-0.1, -0.05) is 44.4 Å². The summed E-state index contributed by atoms with van der Waals surface area (Å²) in [5.41, 5.74) is -0.0395. The fourth-order valence-electron chi connectivity index (χ4n) is 2.46. The van der Waals surface area contributed by atoms with Gasteiger partial charge in [0, 0.05) is 0 Å². The van der Waals surface area contributed by atoms with Gasteiger partial charge < -0.3 is 4.74 Å². The van der Waals surface area contributed by atoms with Gasteiger partial charge in [0.25, 0.3) is 0 Å². The molecule has 0 radical (unpaired) electrons. The lowest BCUT2D eigenvalue weighted by Crippen LogP contribution is -2.21. The van der Waals surface area contributed by atoms with Crippen molar-refractivity contribution in [3.05, 3.63) is 29.8 Å². The van der Waals surface area contributed by atoms with Gasteiger partial charge >= 0.3 is 0 Å². The average molecular weight is 282 g/mol. The van der Waals surface area contributed by atoms with E-state index in [4.69, 9.17) is 4.74 Å². The first-order valence-corrected chi connectivity index (χ1v) is 8.49. The summed E-state index contributed by atoms with van der Waals surface area (Å²) < 4.78 is 30.7. The molecule has 2 atom stereocenters. The number of hydrogen-bond acceptors (Lipinski definition) is 3. The molecule has 0 bridgehead atoms. The summed E-state index contributed by atoms with van der Waals surface area (Å²) in [6.45, 7) is 6.05. The quantitative estimate of drug-likeness (QED) is 0.751. The zero-order chi connectivity index (χ0) is 14.1. The number of hydrogen-bond donors (Lipinski definition) is 0. The largest absolute Gasteiger partial charge is 0.349 e. The molecule has 0 aliphatic carbocycles. The van der Waals surface area contributed by atoms with Crippen LogP contribution in [0.4, 0.5) is 0 Å². The van der Waals surface area contributed by atoms with Crippen molar-refractivity contribution in [1.82, 2.24) is 0 Å². The van der Waals surface area contributed by atoms with Gasteiger partial charge in [-0.25, -0.2) is 8.42 Å². The number of benzene rings is 1. The molecule has 0 spiro atoms. The molecule has 1 heterocycles. The molecule has 1 aromatic rings. The van der Waals surface area contributed by atoms with Crippen molar-refractivity contribution in [2.24, 2.45) is 0 Å². The molecule has 1 aliphatic heterocycles. The average Bonchev–Trinajstić information content (AvgIpc) is 3.13. The van der Waals surface area contributed by atoms with E-state index in [9.17, 15) is 8.42 Å². The summed E-state index contributed by atoms with van der Waals surface area (Å²) in [5, 5.41) is 0. The first-order valence-electron chi connectivity index (χ1n) is 6.94. The van der Waals surface area contributed by atoms with Crippen LogP contribution < -0.4 is 0 Å². The van der Waals surface area contributed by atoms with E-state index < -0.39 is 20.9 Å². The number of ether oxygens (including phenoxy) is 1. The summed E-state index contributed by atoms with van der Waals surface area (Å²) in [6, 6.07) is 7.00. The fourth-order valence-corrected chi connectivity index (χ4v) is 4.39. The van der Waals surface area contributed by atoms with Crippen LogP contribution in [-0.4, -0.2) is 19.5 Å². The Hall–Kier alpha value is -0.870. The molecule has 3 nitrogen and oxygen atoms in total. The van der Waals surface area contributed by atoms with Crippen LogP contribution in [0.2, 0.25) is 0 Å². The molecule has 1 saturated heterocycles. The van der Waals surface area contributed by atoms with Crippen molar-refractivity contribution in [3.63, 3.8) is 0 Å². The van der Waals surface area contributed by atoms with Gasteiger partial charge in [-0.05, 0) is 31.9 Å². The van der Waals surface area contributed by atoms with Crippen molar-refractivity contribution < 1.29 is 13.2 Å². The zero-order valence-corrected chi connectivity index (χ0v) is 12.7. The van der Waals surface area contributed by atoms with Gasteiger partial charge in [0.05, 0.1) is 4.90 Å². The molecular formula is C15H22O3S. The molecule has 19 heavy (non-hydrogen) atoms. The Labute approximate surface area is 115 Å². The van der Waals surface area contributed by atoms with Crippen LogP contribution in [0.3, 0.4) is 0 Å². The fraction of sp³-hybridized carbons (Fsp3) is 0.600. The second-order valence-corrected chi connectivity index (χ2v) is 7.32. The highest BCUT2D eigenvalue weighted by atomic mass is 32.2. The molecule has 0 unspecified atom stereocenters. The maximum atomic E-state index is 12.5. The van der Waals surface area contributed by atoms with E-state index in [1.54, 1.807) is 12.1 Å². The topological polar surface area (TPSA) is 46.7 Å². The highest BCUT2D eigenvalue weighted by Crippen LogP contribution is 2.48. The first kappa shape index (κ1) is 14.5. The van der Waals surface area contributed by atoms with Crippen LogP contribution in [0.5, 0.6) is 0 Å². The lowest BCUT2D eigenvalue weighted by Gasteiger charge is -2.09. The van der Waals surface area contributed by atoms with Gasteiger partial charge in [-0.15, -0.1) is 0 Å². The lowest BCUT2D eigenvalue weighted by atomic mass is 10.0. The Morgan fingerprint density at radius 2 is 1.84 bits per heavy atom. The van der Waals surface area contributed by atoms with E-state index in [1.165, 1.54) is 0 Å². The Kier molecular flexibility index (Phi) is 4.02. The summed E-state index contributed by atoms with van der Waals surface area (Å²) >= 11 is 0. The third kappa shape index (κ3) is 2.70. The number of rotatable bonds is 6. The van der Waals surface area contributed by atoms with Gasteiger partial charge in [0.2, 0.25) is 9.84 Å². The van der Waals surface area contributed by atoms with E-state index in [2.05, 4.69) is 6.92 Å². The maximum absolute atomic E-state index is 12.5. The summed E-state index contributed by atoms with van der Waals surface area (Å²) in [6.07, 6.45) is 3.65. The molecule has 0 saturated carbocycles. The van der Waals surface area contributed by atoms with Crippen LogP contribution >= 0.6 is 0 Å². The molecule has 0 aromatic heterocycles. The van der Waals surface area contributed by atoms with Crippen molar-refractivity contribution in [2.75, 3.05) is 0 Å². The van der Waals surface area contributed by atoms with E-state index in [0.717, 1.165) is 31.2 Å². The van der Waals surface area contributed by atoms with Crippen molar-refractivity contribution in [2.45, 2.75) is 62.4 Å². The first-order chi connectivity index (χ1) is 8.96. The lowest BCUT2D eigenvalue weighted by molar-refractivity contribution is 0.273. The monoisotopic (exact) mass is 282 g/mol. The Morgan fingerprint density at radius 1 is 1.21 bits per heavy atom.